The monoisotopic (exact) mass is 273 g/mol. The Labute approximate surface area is 119 Å². The van der Waals surface area contributed by atoms with Crippen molar-refractivity contribution in [3.8, 4) is 5.75 Å². The second-order valence-corrected chi connectivity index (χ2v) is 4.97. The van der Waals surface area contributed by atoms with Gasteiger partial charge in [0.05, 0.1) is 0 Å². The Hall–Kier alpha value is -1.87. The fourth-order valence-corrected chi connectivity index (χ4v) is 2.34. The van der Waals surface area contributed by atoms with Crippen LogP contribution in [-0.4, -0.2) is 7.05 Å². The minimum absolute atomic E-state index is 0.227. The van der Waals surface area contributed by atoms with Crippen LogP contribution in [0, 0.1) is 19.7 Å². The highest BCUT2D eigenvalue weighted by Crippen LogP contribution is 2.26. The summed E-state index contributed by atoms with van der Waals surface area (Å²) < 4.78 is 19.4. The summed E-state index contributed by atoms with van der Waals surface area (Å²) >= 11 is 0. The molecule has 0 spiro atoms. The lowest BCUT2D eigenvalue weighted by atomic mass is 10.1. The van der Waals surface area contributed by atoms with E-state index in [0.717, 1.165) is 23.4 Å². The minimum Gasteiger partial charge on any atom is -0.488 e. The molecular formula is C17H20FNO. The van der Waals surface area contributed by atoms with Gasteiger partial charge in [0, 0.05) is 12.1 Å². The Balaban J connectivity index is 2.16. The smallest absolute Gasteiger partial charge is 0.129 e. The van der Waals surface area contributed by atoms with Crippen LogP contribution in [0.25, 0.3) is 0 Å². The van der Waals surface area contributed by atoms with Crippen LogP contribution in [0.1, 0.15) is 22.3 Å². The van der Waals surface area contributed by atoms with E-state index in [-0.39, 0.29) is 12.4 Å². The molecule has 0 fully saturated rings. The van der Waals surface area contributed by atoms with E-state index in [4.69, 9.17) is 4.74 Å². The molecule has 0 heterocycles. The van der Waals surface area contributed by atoms with E-state index in [0.29, 0.717) is 5.56 Å². The predicted octanol–water partition coefficient (Wildman–Crippen LogP) is 3.74. The van der Waals surface area contributed by atoms with Crippen molar-refractivity contribution in [1.82, 2.24) is 5.32 Å². The highest BCUT2D eigenvalue weighted by atomic mass is 19.1. The predicted molar refractivity (Wildman–Crippen MR) is 79.4 cm³/mol. The van der Waals surface area contributed by atoms with Crippen LogP contribution < -0.4 is 10.1 Å². The number of halogens is 1. The number of benzene rings is 2. The number of aryl methyl sites for hydroxylation is 2. The van der Waals surface area contributed by atoms with Gasteiger partial charge < -0.3 is 10.1 Å². The van der Waals surface area contributed by atoms with Gasteiger partial charge in [-0.25, -0.2) is 4.39 Å². The van der Waals surface area contributed by atoms with Crippen molar-refractivity contribution in [3.63, 3.8) is 0 Å². The fraction of sp³-hybridized carbons (Fsp3) is 0.294. The Bertz CT molecular complexity index is 572. The van der Waals surface area contributed by atoms with Crippen LogP contribution in [-0.2, 0) is 13.2 Å². The van der Waals surface area contributed by atoms with E-state index in [1.807, 2.05) is 27.0 Å². The number of rotatable bonds is 5. The molecule has 0 aliphatic heterocycles. The third kappa shape index (κ3) is 3.36. The Kier molecular flexibility index (Phi) is 4.74. The molecular weight excluding hydrogens is 253 g/mol. The first-order valence-electron chi connectivity index (χ1n) is 6.72. The first-order chi connectivity index (χ1) is 9.61. The molecule has 0 saturated heterocycles. The molecule has 2 nitrogen and oxygen atoms in total. The fourth-order valence-electron chi connectivity index (χ4n) is 2.34. The molecule has 0 bridgehead atoms. The Morgan fingerprint density at radius 3 is 2.35 bits per heavy atom. The third-order valence-corrected chi connectivity index (χ3v) is 3.23. The van der Waals surface area contributed by atoms with Crippen LogP contribution >= 0.6 is 0 Å². The maximum absolute atomic E-state index is 13.6. The van der Waals surface area contributed by atoms with Crippen LogP contribution in [0.5, 0.6) is 5.75 Å². The van der Waals surface area contributed by atoms with Gasteiger partial charge in [0.1, 0.15) is 18.2 Å². The van der Waals surface area contributed by atoms with Crippen molar-refractivity contribution in [2.24, 2.45) is 0 Å². The third-order valence-electron chi connectivity index (χ3n) is 3.23. The lowest BCUT2D eigenvalue weighted by molar-refractivity contribution is 0.295. The maximum atomic E-state index is 13.6. The molecule has 2 aromatic carbocycles. The van der Waals surface area contributed by atoms with E-state index in [9.17, 15) is 4.39 Å². The van der Waals surface area contributed by atoms with E-state index >= 15 is 0 Å². The van der Waals surface area contributed by atoms with E-state index in [1.165, 1.54) is 11.6 Å². The zero-order valence-corrected chi connectivity index (χ0v) is 12.2. The number of hydrogen-bond donors (Lipinski definition) is 1. The summed E-state index contributed by atoms with van der Waals surface area (Å²) in [5.74, 6) is 0.614. The average molecular weight is 273 g/mol. The van der Waals surface area contributed by atoms with Gasteiger partial charge in [-0.2, -0.15) is 0 Å². The minimum atomic E-state index is -0.227. The normalized spacial score (nSPS) is 10.6. The average Bonchev–Trinajstić information content (AvgIpc) is 2.40. The number of hydrogen-bond acceptors (Lipinski definition) is 2. The summed E-state index contributed by atoms with van der Waals surface area (Å²) in [5, 5.41) is 3.13. The van der Waals surface area contributed by atoms with Crippen molar-refractivity contribution in [2.75, 3.05) is 7.05 Å². The first-order valence-corrected chi connectivity index (χ1v) is 6.72. The van der Waals surface area contributed by atoms with Gasteiger partial charge in [-0.3, -0.25) is 0 Å². The van der Waals surface area contributed by atoms with Crippen molar-refractivity contribution in [1.29, 1.82) is 0 Å². The molecule has 0 aliphatic rings. The Morgan fingerprint density at radius 1 is 1.10 bits per heavy atom. The second-order valence-electron chi connectivity index (χ2n) is 4.97. The Morgan fingerprint density at radius 2 is 1.75 bits per heavy atom. The summed E-state index contributed by atoms with van der Waals surface area (Å²) in [5.41, 5.74) is 3.95. The van der Waals surface area contributed by atoms with Crippen LogP contribution in [0.3, 0.4) is 0 Å². The number of nitrogens with one attached hydrogen (secondary N) is 1. The molecule has 0 aromatic heterocycles. The van der Waals surface area contributed by atoms with Gasteiger partial charge in [-0.1, -0.05) is 30.3 Å². The molecule has 0 aliphatic carbocycles. The van der Waals surface area contributed by atoms with Crippen LogP contribution in [0.2, 0.25) is 0 Å². The lowest BCUT2D eigenvalue weighted by Crippen LogP contribution is -2.07. The quantitative estimate of drug-likeness (QED) is 0.896. The van der Waals surface area contributed by atoms with E-state index in [1.54, 1.807) is 12.1 Å². The summed E-state index contributed by atoms with van der Waals surface area (Å²) in [6.45, 7) is 5.11. The summed E-state index contributed by atoms with van der Waals surface area (Å²) in [6, 6.07) is 10.9. The summed E-state index contributed by atoms with van der Waals surface area (Å²) in [7, 11) is 1.92. The van der Waals surface area contributed by atoms with Crippen molar-refractivity contribution in [2.45, 2.75) is 27.0 Å². The molecule has 0 saturated carbocycles. The molecule has 0 atom stereocenters. The summed E-state index contributed by atoms with van der Waals surface area (Å²) in [4.78, 5) is 0. The van der Waals surface area contributed by atoms with Gasteiger partial charge in [-0.05, 0) is 43.7 Å². The molecule has 106 valence electrons. The number of ether oxygens (including phenoxy) is 1. The molecule has 0 radical (unpaired) electrons. The van der Waals surface area contributed by atoms with Crippen molar-refractivity contribution in [3.05, 3.63) is 64.5 Å². The zero-order valence-electron chi connectivity index (χ0n) is 12.2. The van der Waals surface area contributed by atoms with Gasteiger partial charge >= 0.3 is 0 Å². The summed E-state index contributed by atoms with van der Waals surface area (Å²) in [6.07, 6.45) is 0. The topological polar surface area (TPSA) is 21.3 Å². The SMILES string of the molecule is CNCc1cc(C)c(OCc2ccccc2F)c(C)c1. The largest absolute Gasteiger partial charge is 0.488 e. The van der Waals surface area contributed by atoms with Crippen molar-refractivity contribution >= 4 is 0 Å². The van der Waals surface area contributed by atoms with Gasteiger partial charge in [0.2, 0.25) is 0 Å². The molecule has 0 amide bonds. The second kappa shape index (κ2) is 6.53. The zero-order chi connectivity index (χ0) is 14.5. The van der Waals surface area contributed by atoms with Crippen LogP contribution in [0.4, 0.5) is 4.39 Å². The van der Waals surface area contributed by atoms with Gasteiger partial charge in [0.15, 0.2) is 0 Å². The maximum Gasteiger partial charge on any atom is 0.129 e. The van der Waals surface area contributed by atoms with Crippen molar-refractivity contribution < 1.29 is 9.13 Å². The standard InChI is InChI=1S/C17H20FNO/c1-12-8-14(10-19-3)9-13(2)17(12)20-11-15-6-4-5-7-16(15)18/h4-9,19H,10-11H2,1-3H3. The molecule has 0 unspecified atom stereocenters. The lowest BCUT2D eigenvalue weighted by Gasteiger charge is -2.14. The highest BCUT2D eigenvalue weighted by molar-refractivity contribution is 5.43. The highest BCUT2D eigenvalue weighted by Gasteiger charge is 2.08. The van der Waals surface area contributed by atoms with E-state index < -0.39 is 0 Å². The van der Waals surface area contributed by atoms with Gasteiger partial charge in [0.25, 0.3) is 0 Å². The van der Waals surface area contributed by atoms with Crippen LogP contribution in [0.15, 0.2) is 36.4 Å². The molecule has 3 heteroatoms. The molecule has 2 rings (SSSR count). The molecule has 20 heavy (non-hydrogen) atoms. The van der Waals surface area contributed by atoms with Gasteiger partial charge in [-0.15, -0.1) is 0 Å². The van der Waals surface area contributed by atoms with E-state index in [2.05, 4.69) is 17.4 Å². The molecule has 2 aromatic rings. The molecule has 1 N–H and O–H groups in total. The first kappa shape index (κ1) is 14.5.